The molecule has 0 heterocycles. The van der Waals surface area contributed by atoms with Crippen molar-refractivity contribution < 1.29 is 23.9 Å². The Kier molecular flexibility index (Phi) is 5.73. The Labute approximate surface area is 111 Å². The summed E-state index contributed by atoms with van der Waals surface area (Å²) in [5.41, 5.74) is 0.845. The summed E-state index contributed by atoms with van der Waals surface area (Å²) in [6, 6.07) is 9.16. The minimum absolute atomic E-state index is 0.119. The van der Waals surface area contributed by atoms with Crippen LogP contribution >= 0.6 is 0 Å². The zero-order chi connectivity index (χ0) is 14.3. The lowest BCUT2D eigenvalue weighted by Crippen LogP contribution is -2.26. The number of benzene rings is 1. The molecule has 0 saturated carbocycles. The first kappa shape index (κ1) is 14.9. The van der Waals surface area contributed by atoms with E-state index in [2.05, 4.69) is 0 Å². The predicted octanol–water partition coefficient (Wildman–Crippen LogP) is 1.64. The Morgan fingerprint density at radius 3 is 2.37 bits per heavy atom. The van der Waals surface area contributed by atoms with Gasteiger partial charge in [-0.25, -0.2) is 4.79 Å². The van der Waals surface area contributed by atoms with E-state index in [1.807, 2.05) is 30.3 Å². The second-order valence-electron chi connectivity index (χ2n) is 4.10. The number of carbonyl (C=O) groups excluding carboxylic acids is 3. The van der Waals surface area contributed by atoms with E-state index in [-0.39, 0.29) is 18.8 Å². The highest BCUT2D eigenvalue weighted by Crippen LogP contribution is 2.04. The molecule has 1 aromatic rings. The molecule has 19 heavy (non-hydrogen) atoms. The third-order valence-electron chi connectivity index (χ3n) is 2.26. The molecule has 0 spiro atoms. The number of ether oxygens (including phenoxy) is 2. The maximum atomic E-state index is 11.6. The van der Waals surface area contributed by atoms with Crippen molar-refractivity contribution in [3.63, 3.8) is 0 Å². The van der Waals surface area contributed by atoms with Gasteiger partial charge in [-0.2, -0.15) is 0 Å². The Balaban J connectivity index is 2.36. The summed E-state index contributed by atoms with van der Waals surface area (Å²) in [5, 5.41) is 0. The van der Waals surface area contributed by atoms with Crippen molar-refractivity contribution in [3.05, 3.63) is 35.9 Å². The molecule has 0 fully saturated rings. The Hall–Kier alpha value is -2.17. The average Bonchev–Trinajstić information content (AvgIpc) is 2.36. The standard InChI is InChI=1S/C14H16O5/c1-10(15)8-13(16)19-11(2)14(17)18-9-12-6-4-3-5-7-12/h3-7,11H,8-9H2,1-2H3. The number of hydrogen-bond donors (Lipinski definition) is 0. The molecule has 1 rings (SSSR count). The molecule has 102 valence electrons. The van der Waals surface area contributed by atoms with Gasteiger partial charge in [-0.05, 0) is 19.4 Å². The van der Waals surface area contributed by atoms with Crippen LogP contribution in [-0.4, -0.2) is 23.8 Å². The smallest absolute Gasteiger partial charge is 0.347 e. The highest BCUT2D eigenvalue weighted by molar-refractivity contribution is 5.94. The lowest BCUT2D eigenvalue weighted by atomic mass is 10.2. The van der Waals surface area contributed by atoms with Crippen molar-refractivity contribution in [3.8, 4) is 0 Å². The van der Waals surface area contributed by atoms with Gasteiger partial charge in [0.1, 0.15) is 18.8 Å². The molecule has 0 N–H and O–H groups in total. The summed E-state index contributed by atoms with van der Waals surface area (Å²) in [7, 11) is 0. The summed E-state index contributed by atoms with van der Waals surface area (Å²) in [5.74, 6) is -1.67. The first-order chi connectivity index (χ1) is 8.99. The summed E-state index contributed by atoms with van der Waals surface area (Å²) in [4.78, 5) is 33.4. The summed E-state index contributed by atoms with van der Waals surface area (Å²) < 4.78 is 9.77. The minimum Gasteiger partial charge on any atom is -0.458 e. The highest BCUT2D eigenvalue weighted by atomic mass is 16.6. The van der Waals surface area contributed by atoms with Gasteiger partial charge in [0.25, 0.3) is 0 Å². The highest BCUT2D eigenvalue weighted by Gasteiger charge is 2.19. The molecular weight excluding hydrogens is 248 g/mol. The van der Waals surface area contributed by atoms with Gasteiger partial charge >= 0.3 is 11.9 Å². The van der Waals surface area contributed by atoms with Crippen LogP contribution in [0.2, 0.25) is 0 Å². The zero-order valence-corrected chi connectivity index (χ0v) is 10.9. The number of hydrogen-bond acceptors (Lipinski definition) is 5. The van der Waals surface area contributed by atoms with Gasteiger partial charge in [0.15, 0.2) is 6.10 Å². The van der Waals surface area contributed by atoms with Gasteiger partial charge in [-0.1, -0.05) is 30.3 Å². The molecule has 1 unspecified atom stereocenters. The van der Waals surface area contributed by atoms with E-state index >= 15 is 0 Å². The number of Topliss-reactive ketones (excluding diaryl/α,β-unsaturated/α-hetero) is 1. The molecule has 0 aliphatic carbocycles. The number of rotatable bonds is 6. The SMILES string of the molecule is CC(=O)CC(=O)OC(C)C(=O)OCc1ccccc1. The van der Waals surface area contributed by atoms with E-state index < -0.39 is 18.0 Å². The average molecular weight is 264 g/mol. The molecule has 0 bridgehead atoms. The zero-order valence-electron chi connectivity index (χ0n) is 10.9. The Morgan fingerprint density at radius 1 is 1.16 bits per heavy atom. The number of esters is 2. The first-order valence-electron chi connectivity index (χ1n) is 5.88. The molecule has 0 aromatic heterocycles. The Bertz CT molecular complexity index is 452. The van der Waals surface area contributed by atoms with E-state index in [9.17, 15) is 14.4 Å². The molecule has 5 heteroatoms. The summed E-state index contributed by atoms with van der Waals surface area (Å²) >= 11 is 0. The number of carbonyl (C=O) groups is 3. The minimum atomic E-state index is -1.02. The quantitative estimate of drug-likeness (QED) is 0.577. The van der Waals surface area contributed by atoms with E-state index in [0.717, 1.165) is 5.56 Å². The molecule has 0 aliphatic heterocycles. The van der Waals surface area contributed by atoms with E-state index in [4.69, 9.17) is 9.47 Å². The molecule has 5 nitrogen and oxygen atoms in total. The topological polar surface area (TPSA) is 69.7 Å². The predicted molar refractivity (Wildman–Crippen MR) is 67.1 cm³/mol. The molecular formula is C14H16O5. The lowest BCUT2D eigenvalue weighted by Gasteiger charge is -2.12. The first-order valence-corrected chi connectivity index (χ1v) is 5.88. The van der Waals surface area contributed by atoms with Crippen molar-refractivity contribution in [2.24, 2.45) is 0 Å². The second kappa shape index (κ2) is 7.31. The fourth-order valence-electron chi connectivity index (χ4n) is 1.34. The van der Waals surface area contributed by atoms with Crippen molar-refractivity contribution in [1.82, 2.24) is 0 Å². The van der Waals surface area contributed by atoms with Crippen molar-refractivity contribution in [1.29, 1.82) is 0 Å². The third-order valence-corrected chi connectivity index (χ3v) is 2.26. The molecule has 0 aliphatic rings. The van der Waals surface area contributed by atoms with Crippen LogP contribution in [-0.2, 0) is 30.5 Å². The van der Waals surface area contributed by atoms with Crippen molar-refractivity contribution in [2.45, 2.75) is 33.0 Å². The molecule has 0 radical (unpaired) electrons. The summed E-state index contributed by atoms with van der Waals surface area (Å²) in [6.07, 6.45) is -1.35. The van der Waals surface area contributed by atoms with Gasteiger partial charge in [-0.3, -0.25) is 9.59 Å². The monoisotopic (exact) mass is 264 g/mol. The van der Waals surface area contributed by atoms with E-state index in [0.29, 0.717) is 0 Å². The third kappa shape index (κ3) is 5.81. The van der Waals surface area contributed by atoms with Crippen LogP contribution in [0.3, 0.4) is 0 Å². The largest absolute Gasteiger partial charge is 0.458 e. The fraction of sp³-hybridized carbons (Fsp3) is 0.357. The fourth-order valence-corrected chi connectivity index (χ4v) is 1.34. The number of ketones is 1. The molecule has 0 saturated heterocycles. The van der Waals surface area contributed by atoms with E-state index in [1.54, 1.807) is 0 Å². The normalized spacial score (nSPS) is 11.5. The van der Waals surface area contributed by atoms with Crippen molar-refractivity contribution in [2.75, 3.05) is 0 Å². The van der Waals surface area contributed by atoms with Gasteiger partial charge < -0.3 is 9.47 Å². The van der Waals surface area contributed by atoms with Crippen LogP contribution in [0.1, 0.15) is 25.8 Å². The van der Waals surface area contributed by atoms with Crippen LogP contribution in [0.5, 0.6) is 0 Å². The van der Waals surface area contributed by atoms with Crippen LogP contribution < -0.4 is 0 Å². The molecule has 1 atom stereocenters. The molecule has 0 amide bonds. The Morgan fingerprint density at radius 2 is 1.79 bits per heavy atom. The molecule has 1 aromatic carbocycles. The van der Waals surface area contributed by atoms with Crippen LogP contribution in [0, 0.1) is 0 Å². The maximum absolute atomic E-state index is 11.6. The van der Waals surface area contributed by atoms with E-state index in [1.165, 1.54) is 13.8 Å². The summed E-state index contributed by atoms with van der Waals surface area (Å²) in [6.45, 7) is 2.80. The van der Waals surface area contributed by atoms with Crippen LogP contribution in [0.15, 0.2) is 30.3 Å². The van der Waals surface area contributed by atoms with Crippen molar-refractivity contribution >= 4 is 17.7 Å². The van der Waals surface area contributed by atoms with Gasteiger partial charge in [0, 0.05) is 0 Å². The maximum Gasteiger partial charge on any atom is 0.347 e. The van der Waals surface area contributed by atoms with Crippen LogP contribution in [0.25, 0.3) is 0 Å². The van der Waals surface area contributed by atoms with Gasteiger partial charge in [-0.15, -0.1) is 0 Å². The van der Waals surface area contributed by atoms with Gasteiger partial charge in [0.2, 0.25) is 0 Å². The van der Waals surface area contributed by atoms with Crippen LogP contribution in [0.4, 0.5) is 0 Å². The second-order valence-corrected chi connectivity index (χ2v) is 4.10. The lowest BCUT2D eigenvalue weighted by molar-refractivity contribution is -0.167. The van der Waals surface area contributed by atoms with Gasteiger partial charge in [0.05, 0.1) is 0 Å².